The van der Waals surface area contributed by atoms with Crippen LogP contribution in [-0.4, -0.2) is 17.4 Å². The second kappa shape index (κ2) is 5.76. The maximum absolute atomic E-state index is 12.5. The van der Waals surface area contributed by atoms with Crippen molar-refractivity contribution in [3.8, 4) is 11.8 Å². The Balaban J connectivity index is 2.46. The van der Waals surface area contributed by atoms with Crippen LogP contribution in [0.2, 0.25) is 0 Å². The van der Waals surface area contributed by atoms with Crippen LogP contribution in [0.15, 0.2) is 18.3 Å². The summed E-state index contributed by atoms with van der Waals surface area (Å²) in [6.45, 7) is 2.21. The fourth-order valence-corrected chi connectivity index (χ4v) is 0.964. The van der Waals surface area contributed by atoms with Gasteiger partial charge in [0.05, 0.1) is 6.20 Å². The molecule has 0 atom stereocenters. The lowest BCUT2D eigenvalue weighted by Crippen LogP contribution is -2.25. The number of pyridine rings is 1. The van der Waals surface area contributed by atoms with Crippen molar-refractivity contribution in [3.63, 3.8) is 0 Å². The number of halogens is 1. The molecule has 1 amide bonds. The predicted octanol–water partition coefficient (Wildman–Crippen LogP) is 1.36. The number of nitrogens with one attached hydrogen (secondary N) is 1. The van der Waals surface area contributed by atoms with Crippen LogP contribution >= 0.6 is 0 Å². The molecule has 0 aliphatic carbocycles. The van der Waals surface area contributed by atoms with Gasteiger partial charge in [-0.05, 0) is 19.1 Å². The number of amides is 1. The number of aromatic nitrogens is 1. The molecule has 0 aromatic carbocycles. The minimum atomic E-state index is -0.455. The van der Waals surface area contributed by atoms with E-state index in [-0.39, 0.29) is 11.6 Å². The summed E-state index contributed by atoms with van der Waals surface area (Å²) in [6, 6.07) is 2.55. The molecule has 0 saturated carbocycles. The van der Waals surface area contributed by atoms with E-state index in [1.165, 1.54) is 12.1 Å². The first kappa shape index (κ1) is 11.2. The number of carbonyl (C=O) groups is 1. The van der Waals surface area contributed by atoms with E-state index in [1.807, 2.05) is 0 Å². The molecule has 0 aliphatic heterocycles. The third-order valence-electron chi connectivity index (χ3n) is 1.67. The number of hydrogen-bond donors (Lipinski definition) is 1. The Morgan fingerprint density at radius 1 is 1.60 bits per heavy atom. The number of hydrogen-bond acceptors (Lipinski definition) is 2. The monoisotopic (exact) mass is 206 g/mol. The summed E-state index contributed by atoms with van der Waals surface area (Å²) in [5.74, 6) is 4.77. The van der Waals surface area contributed by atoms with E-state index >= 15 is 0 Å². The van der Waals surface area contributed by atoms with Crippen LogP contribution in [0.3, 0.4) is 0 Å². The Morgan fingerprint density at radius 2 is 2.40 bits per heavy atom. The third-order valence-corrected chi connectivity index (χ3v) is 1.67. The van der Waals surface area contributed by atoms with Crippen LogP contribution in [-0.2, 0) is 0 Å². The highest BCUT2D eigenvalue weighted by Crippen LogP contribution is 1.97. The van der Waals surface area contributed by atoms with Crippen LogP contribution in [0, 0.1) is 17.7 Å². The molecule has 1 aromatic heterocycles. The molecular weight excluding hydrogens is 195 g/mol. The smallest absolute Gasteiger partial charge is 0.269 e. The lowest BCUT2D eigenvalue weighted by Gasteiger charge is -2.01. The van der Waals surface area contributed by atoms with Crippen molar-refractivity contribution in [1.29, 1.82) is 0 Å². The van der Waals surface area contributed by atoms with Crippen molar-refractivity contribution in [2.45, 2.75) is 13.3 Å². The Hall–Kier alpha value is -1.89. The molecule has 0 saturated heterocycles. The summed E-state index contributed by atoms with van der Waals surface area (Å²) in [6.07, 6.45) is 1.62. The molecule has 0 radical (unpaired) electrons. The summed E-state index contributed by atoms with van der Waals surface area (Å²) >= 11 is 0. The van der Waals surface area contributed by atoms with Gasteiger partial charge in [-0.3, -0.25) is 4.79 Å². The third kappa shape index (κ3) is 3.77. The first-order chi connectivity index (χ1) is 7.24. The molecule has 15 heavy (non-hydrogen) atoms. The zero-order valence-electron chi connectivity index (χ0n) is 8.38. The minimum absolute atomic E-state index is 0.209. The lowest BCUT2D eigenvalue weighted by molar-refractivity contribution is 0.0949. The average molecular weight is 206 g/mol. The van der Waals surface area contributed by atoms with Gasteiger partial charge in [0.25, 0.3) is 5.91 Å². The maximum Gasteiger partial charge on any atom is 0.269 e. The number of nitrogens with zero attached hydrogens (tertiary/aromatic N) is 1. The highest BCUT2D eigenvalue weighted by molar-refractivity contribution is 5.92. The van der Waals surface area contributed by atoms with Crippen molar-refractivity contribution >= 4 is 5.91 Å². The zero-order valence-corrected chi connectivity index (χ0v) is 8.38. The molecule has 1 aromatic rings. The second-order valence-electron chi connectivity index (χ2n) is 2.79. The van der Waals surface area contributed by atoms with Crippen molar-refractivity contribution in [2.24, 2.45) is 0 Å². The highest BCUT2D eigenvalue weighted by atomic mass is 19.1. The van der Waals surface area contributed by atoms with Crippen LogP contribution in [0.4, 0.5) is 4.39 Å². The molecule has 0 unspecified atom stereocenters. The van der Waals surface area contributed by atoms with Gasteiger partial charge in [-0.15, -0.1) is 11.8 Å². The molecule has 0 bridgehead atoms. The van der Waals surface area contributed by atoms with Crippen molar-refractivity contribution in [1.82, 2.24) is 10.3 Å². The Labute approximate surface area is 87.7 Å². The van der Waals surface area contributed by atoms with Gasteiger partial charge in [0.1, 0.15) is 11.5 Å². The topological polar surface area (TPSA) is 42.0 Å². The fraction of sp³-hybridized carbons (Fsp3) is 0.273. The van der Waals surface area contributed by atoms with E-state index < -0.39 is 5.82 Å². The quantitative estimate of drug-likeness (QED) is 0.599. The molecule has 0 aliphatic rings. The van der Waals surface area contributed by atoms with E-state index in [0.29, 0.717) is 13.0 Å². The molecule has 1 heterocycles. The van der Waals surface area contributed by atoms with E-state index in [0.717, 1.165) is 6.20 Å². The maximum atomic E-state index is 12.5. The number of rotatable bonds is 3. The second-order valence-corrected chi connectivity index (χ2v) is 2.79. The summed E-state index contributed by atoms with van der Waals surface area (Å²) < 4.78 is 12.5. The molecule has 1 rings (SSSR count). The van der Waals surface area contributed by atoms with Gasteiger partial charge >= 0.3 is 0 Å². The van der Waals surface area contributed by atoms with Crippen molar-refractivity contribution < 1.29 is 9.18 Å². The van der Waals surface area contributed by atoms with Crippen molar-refractivity contribution in [2.75, 3.05) is 6.54 Å². The summed E-state index contributed by atoms with van der Waals surface area (Å²) in [5.41, 5.74) is 0.209. The lowest BCUT2D eigenvalue weighted by atomic mass is 10.3. The summed E-state index contributed by atoms with van der Waals surface area (Å²) in [5, 5.41) is 2.63. The standard InChI is InChI=1S/C11H11FN2O/c1-2-3-4-7-13-11(15)10-6-5-9(12)8-14-10/h5-6,8H,4,7H2,1H3,(H,13,15). The SMILES string of the molecule is CC#CCCNC(=O)c1ccc(F)cn1. The molecule has 3 nitrogen and oxygen atoms in total. The summed E-state index contributed by atoms with van der Waals surface area (Å²) in [7, 11) is 0. The molecule has 78 valence electrons. The molecule has 0 fully saturated rings. The van der Waals surface area contributed by atoms with Gasteiger partial charge in [0, 0.05) is 13.0 Å². The van der Waals surface area contributed by atoms with Gasteiger partial charge in [-0.25, -0.2) is 9.37 Å². The Bertz CT molecular complexity index is 389. The highest BCUT2D eigenvalue weighted by Gasteiger charge is 2.05. The number of carbonyl (C=O) groups excluding carboxylic acids is 1. The largest absolute Gasteiger partial charge is 0.350 e. The van der Waals surface area contributed by atoms with E-state index in [1.54, 1.807) is 6.92 Å². The normalized spacial score (nSPS) is 8.93. The summed E-state index contributed by atoms with van der Waals surface area (Å²) in [4.78, 5) is 15.0. The van der Waals surface area contributed by atoms with Gasteiger partial charge in [-0.1, -0.05) is 0 Å². The molecule has 4 heteroatoms. The van der Waals surface area contributed by atoms with Crippen LogP contribution in [0.5, 0.6) is 0 Å². The molecular formula is C11H11FN2O. The van der Waals surface area contributed by atoms with E-state index in [2.05, 4.69) is 22.1 Å². The Morgan fingerprint density at radius 3 is 3.00 bits per heavy atom. The van der Waals surface area contributed by atoms with Crippen molar-refractivity contribution in [3.05, 3.63) is 29.8 Å². The molecule has 0 spiro atoms. The van der Waals surface area contributed by atoms with E-state index in [9.17, 15) is 9.18 Å². The zero-order chi connectivity index (χ0) is 11.1. The minimum Gasteiger partial charge on any atom is -0.350 e. The first-order valence-corrected chi connectivity index (χ1v) is 4.53. The molecule has 1 N–H and O–H groups in total. The first-order valence-electron chi connectivity index (χ1n) is 4.53. The van der Waals surface area contributed by atoms with Crippen LogP contribution < -0.4 is 5.32 Å². The van der Waals surface area contributed by atoms with Gasteiger partial charge in [0.2, 0.25) is 0 Å². The van der Waals surface area contributed by atoms with Gasteiger partial charge in [0.15, 0.2) is 0 Å². The van der Waals surface area contributed by atoms with Gasteiger partial charge < -0.3 is 5.32 Å². The van der Waals surface area contributed by atoms with E-state index in [4.69, 9.17) is 0 Å². The van der Waals surface area contributed by atoms with Gasteiger partial charge in [-0.2, -0.15) is 0 Å². The fourth-order valence-electron chi connectivity index (χ4n) is 0.964. The Kier molecular flexibility index (Phi) is 4.30. The van der Waals surface area contributed by atoms with Crippen LogP contribution in [0.1, 0.15) is 23.8 Å². The van der Waals surface area contributed by atoms with Crippen LogP contribution in [0.25, 0.3) is 0 Å². The predicted molar refractivity (Wildman–Crippen MR) is 54.6 cm³/mol. The average Bonchev–Trinajstić information content (AvgIpc) is 2.25.